The number of halogens is 4. The van der Waals surface area contributed by atoms with Gasteiger partial charge >= 0.3 is 5.69 Å². The van der Waals surface area contributed by atoms with Gasteiger partial charge in [-0.2, -0.15) is 4.98 Å². The van der Waals surface area contributed by atoms with Crippen LogP contribution < -0.4 is 15.3 Å². The molecule has 1 amide bonds. The van der Waals surface area contributed by atoms with Crippen molar-refractivity contribution in [3.8, 4) is 16.9 Å². The zero-order valence-electron chi connectivity index (χ0n) is 24.3. The monoisotopic (exact) mass is 631 g/mol. The second kappa shape index (κ2) is 11.1. The number of aromatic nitrogens is 2. The average Bonchev–Trinajstić information content (AvgIpc) is 3.13. The summed E-state index contributed by atoms with van der Waals surface area (Å²) in [6, 6.07) is 3.21. The van der Waals surface area contributed by atoms with Gasteiger partial charge in [-0.3, -0.25) is 9.36 Å². The van der Waals surface area contributed by atoms with E-state index in [-0.39, 0.29) is 56.9 Å². The van der Waals surface area contributed by atoms with Crippen molar-refractivity contribution in [3.63, 3.8) is 0 Å². The number of rotatable bonds is 3. The molecular weight excluding hydrogens is 599 g/mol. The third-order valence-electron chi connectivity index (χ3n) is 9.21. The third-order valence-corrected chi connectivity index (χ3v) is 9.80. The molecule has 3 aromatic rings. The normalized spacial score (nSPS) is 22.0. The number of nitrogens with zero attached hydrogens (tertiary/aromatic N) is 5. The van der Waals surface area contributed by atoms with Crippen molar-refractivity contribution in [3.05, 3.63) is 63.0 Å². The summed E-state index contributed by atoms with van der Waals surface area (Å²) in [6.45, 7) is 10.7. The van der Waals surface area contributed by atoms with Crippen molar-refractivity contribution >= 4 is 45.8 Å². The minimum atomic E-state index is -0.891. The Morgan fingerprint density at radius 3 is 2.51 bits per heavy atom. The van der Waals surface area contributed by atoms with Crippen molar-refractivity contribution in [2.24, 2.45) is 5.41 Å². The first-order valence-corrected chi connectivity index (χ1v) is 15.1. The van der Waals surface area contributed by atoms with Crippen LogP contribution in [-0.4, -0.2) is 77.2 Å². The number of piperazine rings is 1. The van der Waals surface area contributed by atoms with E-state index >= 15 is 4.39 Å². The zero-order valence-corrected chi connectivity index (χ0v) is 25.8. The molecule has 3 aliphatic rings. The quantitative estimate of drug-likeness (QED) is 0.286. The lowest BCUT2D eigenvalue weighted by molar-refractivity contribution is -0.128. The van der Waals surface area contributed by atoms with Crippen LogP contribution in [-0.2, 0) is 11.3 Å². The van der Waals surface area contributed by atoms with E-state index in [1.165, 1.54) is 12.1 Å². The van der Waals surface area contributed by atoms with Gasteiger partial charge in [-0.05, 0) is 65.0 Å². The highest BCUT2D eigenvalue weighted by molar-refractivity contribution is 6.35. The van der Waals surface area contributed by atoms with Crippen LogP contribution in [0.3, 0.4) is 0 Å². The highest BCUT2D eigenvalue weighted by Crippen LogP contribution is 2.49. The molecule has 0 saturated carbocycles. The van der Waals surface area contributed by atoms with Gasteiger partial charge in [0.25, 0.3) is 0 Å². The first-order chi connectivity index (χ1) is 20.4. The van der Waals surface area contributed by atoms with Crippen molar-refractivity contribution < 1.29 is 18.3 Å². The van der Waals surface area contributed by atoms with Crippen LogP contribution in [0.2, 0.25) is 10.0 Å². The molecule has 43 heavy (non-hydrogen) atoms. The number of benzene rings is 2. The molecule has 0 bridgehead atoms. The van der Waals surface area contributed by atoms with Crippen LogP contribution in [0.5, 0.6) is 5.75 Å². The Hall–Kier alpha value is -3.21. The van der Waals surface area contributed by atoms with Gasteiger partial charge in [0, 0.05) is 59.7 Å². The summed E-state index contributed by atoms with van der Waals surface area (Å²) in [6.07, 6.45) is 2.88. The number of anilines is 1. The molecule has 0 N–H and O–H groups in total. The van der Waals surface area contributed by atoms with Crippen molar-refractivity contribution in [1.29, 1.82) is 0 Å². The van der Waals surface area contributed by atoms with Crippen LogP contribution in [0.1, 0.15) is 26.7 Å². The van der Waals surface area contributed by atoms with Gasteiger partial charge < -0.3 is 19.4 Å². The molecule has 6 rings (SSSR count). The number of likely N-dealkylation sites (tertiary alicyclic amines) is 1. The summed E-state index contributed by atoms with van der Waals surface area (Å²) in [5.74, 6) is -1.25. The number of ether oxygens (including phenoxy) is 1. The Kier molecular flexibility index (Phi) is 7.67. The van der Waals surface area contributed by atoms with E-state index in [9.17, 15) is 14.0 Å². The van der Waals surface area contributed by atoms with Gasteiger partial charge in [-0.15, -0.1) is 0 Å². The predicted molar refractivity (Wildman–Crippen MR) is 164 cm³/mol. The molecule has 3 aliphatic heterocycles. The number of hydrogen-bond donors (Lipinski definition) is 0. The molecule has 0 radical (unpaired) electrons. The number of amides is 1. The molecule has 1 spiro atoms. The minimum Gasteiger partial charge on any atom is -0.490 e. The fraction of sp³-hybridized carbons (Fsp3) is 0.452. The van der Waals surface area contributed by atoms with E-state index in [0.717, 1.165) is 32.0 Å². The van der Waals surface area contributed by atoms with Crippen LogP contribution in [0.15, 0.2) is 35.6 Å². The lowest BCUT2D eigenvalue weighted by Gasteiger charge is -2.44. The molecule has 12 heteroatoms. The lowest BCUT2D eigenvalue weighted by atomic mass is 9.79. The molecule has 1 unspecified atom stereocenters. The third kappa shape index (κ3) is 5.07. The number of carbonyl (C=O) groups is 1. The summed E-state index contributed by atoms with van der Waals surface area (Å²) >= 11 is 13.0. The maximum absolute atomic E-state index is 15.4. The van der Waals surface area contributed by atoms with Gasteiger partial charge in [0.2, 0.25) is 5.91 Å². The van der Waals surface area contributed by atoms with Gasteiger partial charge in [0.1, 0.15) is 17.5 Å². The Morgan fingerprint density at radius 1 is 1.09 bits per heavy atom. The fourth-order valence-corrected chi connectivity index (χ4v) is 7.14. The Bertz CT molecular complexity index is 1710. The van der Waals surface area contributed by atoms with E-state index < -0.39 is 17.3 Å². The summed E-state index contributed by atoms with van der Waals surface area (Å²) < 4.78 is 37.7. The van der Waals surface area contributed by atoms with Crippen LogP contribution in [0.25, 0.3) is 22.0 Å². The Morgan fingerprint density at radius 2 is 1.81 bits per heavy atom. The molecule has 8 nitrogen and oxygen atoms in total. The van der Waals surface area contributed by atoms with Crippen molar-refractivity contribution in [1.82, 2.24) is 19.4 Å². The molecule has 228 valence electrons. The van der Waals surface area contributed by atoms with Gasteiger partial charge in [0.15, 0.2) is 5.75 Å². The smallest absolute Gasteiger partial charge is 0.350 e. The number of piperidine rings is 1. The lowest BCUT2D eigenvalue weighted by Crippen LogP contribution is -2.58. The molecule has 4 heterocycles. The highest BCUT2D eigenvalue weighted by atomic mass is 35.5. The Labute approximate surface area is 258 Å². The summed E-state index contributed by atoms with van der Waals surface area (Å²) in [7, 11) is 2.06. The first-order valence-electron chi connectivity index (χ1n) is 14.4. The second-order valence-corrected chi connectivity index (χ2v) is 13.0. The molecule has 0 aliphatic carbocycles. The highest BCUT2D eigenvalue weighted by Gasteiger charge is 2.41. The molecule has 2 saturated heterocycles. The minimum absolute atomic E-state index is 0.0245. The summed E-state index contributed by atoms with van der Waals surface area (Å²) in [5, 5.41) is 0.463. The molecule has 2 atom stereocenters. The maximum Gasteiger partial charge on any atom is 0.350 e. The zero-order chi connectivity index (χ0) is 30.8. The SMILES string of the molecule is C=CC(=O)N1CC(C)N(c2nc(=O)n3c4c(c(-c5cc(Cl)c(F)cc5F)c(Cl)cc24)OCC2(CCN(C)CC2)C3)C[C@H]1C. The molecule has 1 aromatic heterocycles. The van der Waals surface area contributed by atoms with E-state index in [0.29, 0.717) is 36.4 Å². The van der Waals surface area contributed by atoms with Crippen LogP contribution in [0.4, 0.5) is 14.6 Å². The largest absolute Gasteiger partial charge is 0.490 e. The first kappa shape index (κ1) is 29.8. The van der Waals surface area contributed by atoms with E-state index in [1.807, 2.05) is 18.7 Å². The van der Waals surface area contributed by atoms with E-state index in [4.69, 9.17) is 27.9 Å². The van der Waals surface area contributed by atoms with E-state index in [1.54, 1.807) is 15.5 Å². The average molecular weight is 633 g/mol. The predicted octanol–water partition coefficient (Wildman–Crippen LogP) is 5.36. The summed E-state index contributed by atoms with van der Waals surface area (Å²) in [4.78, 5) is 37.0. The second-order valence-electron chi connectivity index (χ2n) is 12.1. The van der Waals surface area contributed by atoms with Crippen molar-refractivity contribution in [2.75, 3.05) is 44.7 Å². The Balaban J connectivity index is 1.59. The number of hydrogen-bond acceptors (Lipinski definition) is 6. The number of carbonyl (C=O) groups excluding carboxylic acids is 1. The van der Waals surface area contributed by atoms with Crippen molar-refractivity contribution in [2.45, 2.75) is 45.3 Å². The fourth-order valence-electron chi connectivity index (χ4n) is 6.68. The maximum atomic E-state index is 15.4. The molecule has 2 aromatic carbocycles. The summed E-state index contributed by atoms with van der Waals surface area (Å²) in [5.41, 5.74) is -0.181. The van der Waals surface area contributed by atoms with Gasteiger partial charge in [-0.1, -0.05) is 29.8 Å². The molecular formula is C31H33Cl2F2N5O3. The van der Waals surface area contributed by atoms with Crippen LogP contribution >= 0.6 is 23.2 Å². The van der Waals surface area contributed by atoms with Gasteiger partial charge in [-0.25, -0.2) is 13.6 Å². The topological polar surface area (TPSA) is 70.9 Å². The standard InChI is InChI=1S/C31H33Cl2F2N5O3/c1-5-25(41)38-13-18(3)39(14-17(38)2)29-20-11-22(33)26(19-10-21(32)24(35)12-23(19)34)28-27(20)40(30(42)36-29)15-31(16-43-28)6-8-37(4)9-7-31/h5,10-12,17-18H,1,6-9,13-16H2,2-4H3/t17-,18?/m1/s1. The van der Waals surface area contributed by atoms with Gasteiger partial charge in [0.05, 0.1) is 22.2 Å². The van der Waals surface area contributed by atoms with Crippen LogP contribution in [0, 0.1) is 17.0 Å². The van der Waals surface area contributed by atoms with E-state index in [2.05, 4.69) is 23.5 Å². The molecule has 2 fully saturated rings.